The molecule has 0 aromatic heterocycles. The number of anilines is 1. The van der Waals surface area contributed by atoms with E-state index in [1.165, 1.54) is 11.8 Å². The normalized spacial score (nSPS) is 15.9. The Morgan fingerprint density at radius 3 is 2.33 bits per heavy atom. The van der Waals surface area contributed by atoms with Gasteiger partial charge in [0.25, 0.3) is 5.91 Å². The van der Waals surface area contributed by atoms with Gasteiger partial charge in [0.05, 0.1) is 11.5 Å². The molecule has 0 saturated carbocycles. The SMILES string of the molecule is O=C(CC1=NC(=O)[C@H](CC(=O)Nc2ccccc2)S1)NCc1ccccc1. The molecule has 1 aliphatic rings. The van der Waals surface area contributed by atoms with Crippen molar-refractivity contribution in [2.75, 3.05) is 5.32 Å². The lowest BCUT2D eigenvalue weighted by atomic mass is 10.2. The fourth-order valence-electron chi connectivity index (χ4n) is 2.54. The Morgan fingerprint density at radius 1 is 0.963 bits per heavy atom. The van der Waals surface area contributed by atoms with Crippen molar-refractivity contribution in [1.82, 2.24) is 5.32 Å². The van der Waals surface area contributed by atoms with Crippen LogP contribution in [-0.4, -0.2) is 28.0 Å². The molecule has 1 heterocycles. The van der Waals surface area contributed by atoms with E-state index in [1.807, 2.05) is 48.5 Å². The Labute approximate surface area is 161 Å². The topological polar surface area (TPSA) is 87.6 Å². The second-order valence-corrected chi connectivity index (χ2v) is 7.28. The molecule has 1 aliphatic heterocycles. The lowest BCUT2D eigenvalue weighted by Crippen LogP contribution is -2.24. The van der Waals surface area contributed by atoms with Crippen molar-refractivity contribution >= 4 is 40.2 Å². The predicted octanol–water partition coefficient (Wildman–Crippen LogP) is 2.76. The van der Waals surface area contributed by atoms with Crippen LogP contribution in [0, 0.1) is 0 Å². The number of aliphatic imine (C=N–C) groups is 1. The Kier molecular flexibility index (Phi) is 6.38. The summed E-state index contributed by atoms with van der Waals surface area (Å²) in [5.41, 5.74) is 1.68. The number of carbonyl (C=O) groups excluding carboxylic acids is 3. The van der Waals surface area contributed by atoms with E-state index in [0.717, 1.165) is 5.56 Å². The zero-order valence-electron chi connectivity index (χ0n) is 14.6. The monoisotopic (exact) mass is 381 g/mol. The second kappa shape index (κ2) is 9.14. The molecule has 27 heavy (non-hydrogen) atoms. The van der Waals surface area contributed by atoms with Gasteiger partial charge in [0.1, 0.15) is 5.25 Å². The molecule has 0 aliphatic carbocycles. The van der Waals surface area contributed by atoms with Crippen LogP contribution in [-0.2, 0) is 20.9 Å². The maximum absolute atomic E-state index is 12.1. The minimum atomic E-state index is -0.578. The molecule has 3 rings (SSSR count). The van der Waals surface area contributed by atoms with Crippen LogP contribution in [0.5, 0.6) is 0 Å². The molecule has 2 aromatic rings. The van der Waals surface area contributed by atoms with Crippen LogP contribution in [0.2, 0.25) is 0 Å². The molecule has 7 heteroatoms. The summed E-state index contributed by atoms with van der Waals surface area (Å²) in [7, 11) is 0. The van der Waals surface area contributed by atoms with Crippen LogP contribution in [0.4, 0.5) is 5.69 Å². The van der Waals surface area contributed by atoms with Gasteiger partial charge in [-0.15, -0.1) is 0 Å². The quantitative estimate of drug-likeness (QED) is 0.772. The average Bonchev–Trinajstić information content (AvgIpc) is 3.00. The Morgan fingerprint density at radius 2 is 1.63 bits per heavy atom. The molecular weight excluding hydrogens is 362 g/mol. The van der Waals surface area contributed by atoms with Gasteiger partial charge in [0, 0.05) is 18.7 Å². The van der Waals surface area contributed by atoms with Gasteiger partial charge in [-0.2, -0.15) is 0 Å². The molecule has 0 unspecified atom stereocenters. The third-order valence-corrected chi connectivity index (χ3v) is 5.02. The predicted molar refractivity (Wildman–Crippen MR) is 106 cm³/mol. The first kappa shape index (κ1) is 18.8. The van der Waals surface area contributed by atoms with Gasteiger partial charge in [-0.3, -0.25) is 14.4 Å². The molecule has 2 N–H and O–H groups in total. The van der Waals surface area contributed by atoms with Crippen molar-refractivity contribution in [2.24, 2.45) is 4.99 Å². The van der Waals surface area contributed by atoms with Gasteiger partial charge < -0.3 is 10.6 Å². The van der Waals surface area contributed by atoms with Crippen molar-refractivity contribution in [1.29, 1.82) is 0 Å². The smallest absolute Gasteiger partial charge is 0.260 e. The number of hydrogen-bond donors (Lipinski definition) is 2. The molecule has 0 bridgehead atoms. The molecule has 0 saturated heterocycles. The van der Waals surface area contributed by atoms with Crippen molar-refractivity contribution in [3.05, 3.63) is 66.2 Å². The maximum Gasteiger partial charge on any atom is 0.260 e. The Balaban J connectivity index is 1.44. The fourth-order valence-corrected chi connectivity index (χ4v) is 3.62. The summed E-state index contributed by atoms with van der Waals surface area (Å²) >= 11 is 1.19. The van der Waals surface area contributed by atoms with Gasteiger partial charge >= 0.3 is 0 Å². The van der Waals surface area contributed by atoms with E-state index in [9.17, 15) is 14.4 Å². The largest absolute Gasteiger partial charge is 0.352 e. The van der Waals surface area contributed by atoms with E-state index in [4.69, 9.17) is 0 Å². The highest BCUT2D eigenvalue weighted by Gasteiger charge is 2.31. The lowest BCUT2D eigenvalue weighted by molar-refractivity contribution is -0.121. The molecule has 0 spiro atoms. The van der Waals surface area contributed by atoms with Crippen LogP contribution in [0.15, 0.2) is 65.7 Å². The zero-order chi connectivity index (χ0) is 19.1. The summed E-state index contributed by atoms with van der Waals surface area (Å²) in [5, 5.41) is 5.42. The first-order valence-electron chi connectivity index (χ1n) is 8.54. The van der Waals surface area contributed by atoms with Crippen LogP contribution in [0.1, 0.15) is 18.4 Å². The molecule has 138 valence electrons. The summed E-state index contributed by atoms with van der Waals surface area (Å²) in [6.45, 7) is 0.425. The van der Waals surface area contributed by atoms with Gasteiger partial charge in [-0.05, 0) is 17.7 Å². The molecule has 0 fully saturated rings. The van der Waals surface area contributed by atoms with Crippen LogP contribution < -0.4 is 10.6 Å². The van der Waals surface area contributed by atoms with E-state index in [0.29, 0.717) is 17.3 Å². The van der Waals surface area contributed by atoms with E-state index >= 15 is 0 Å². The number of hydrogen-bond acceptors (Lipinski definition) is 4. The van der Waals surface area contributed by atoms with Gasteiger partial charge in [-0.1, -0.05) is 60.3 Å². The number of benzene rings is 2. The number of thioether (sulfide) groups is 1. The summed E-state index contributed by atoms with van der Waals surface area (Å²) in [5.74, 6) is -0.821. The zero-order valence-corrected chi connectivity index (χ0v) is 15.4. The van der Waals surface area contributed by atoms with Crippen molar-refractivity contribution in [3.63, 3.8) is 0 Å². The maximum atomic E-state index is 12.1. The Bertz CT molecular complexity index is 853. The minimum Gasteiger partial charge on any atom is -0.352 e. The highest BCUT2D eigenvalue weighted by molar-refractivity contribution is 8.15. The fraction of sp³-hybridized carbons (Fsp3) is 0.200. The van der Waals surface area contributed by atoms with Gasteiger partial charge in [0.15, 0.2) is 0 Å². The highest BCUT2D eigenvalue weighted by Crippen LogP contribution is 2.27. The summed E-state index contributed by atoms with van der Waals surface area (Å²) < 4.78 is 0. The van der Waals surface area contributed by atoms with Crippen molar-refractivity contribution in [3.8, 4) is 0 Å². The molecule has 0 radical (unpaired) electrons. The van der Waals surface area contributed by atoms with Crippen molar-refractivity contribution < 1.29 is 14.4 Å². The van der Waals surface area contributed by atoms with Gasteiger partial charge in [-0.25, -0.2) is 4.99 Å². The van der Waals surface area contributed by atoms with E-state index in [1.54, 1.807) is 12.1 Å². The third kappa shape index (κ3) is 5.79. The van der Waals surface area contributed by atoms with Crippen molar-refractivity contribution in [2.45, 2.75) is 24.6 Å². The number of rotatable bonds is 7. The van der Waals surface area contributed by atoms with Gasteiger partial charge in [0.2, 0.25) is 11.8 Å². The standard InChI is InChI=1S/C20H19N3O3S/c24-17(21-13-14-7-3-1-4-8-14)12-19-23-20(26)16(27-19)11-18(25)22-15-9-5-2-6-10-15/h1-10,16H,11-13H2,(H,21,24)(H,22,25)/t16-/m0/s1. The lowest BCUT2D eigenvalue weighted by Gasteiger charge is -2.08. The molecular formula is C20H19N3O3S. The van der Waals surface area contributed by atoms with E-state index in [2.05, 4.69) is 15.6 Å². The van der Waals surface area contributed by atoms with E-state index in [-0.39, 0.29) is 30.6 Å². The minimum absolute atomic E-state index is 0.0248. The van der Waals surface area contributed by atoms with Crippen LogP contribution in [0.25, 0.3) is 0 Å². The summed E-state index contributed by atoms with van der Waals surface area (Å²) in [6, 6.07) is 18.6. The number of nitrogens with zero attached hydrogens (tertiary/aromatic N) is 1. The average molecular weight is 381 g/mol. The third-order valence-electron chi connectivity index (χ3n) is 3.86. The second-order valence-electron chi connectivity index (χ2n) is 6.01. The molecule has 2 aromatic carbocycles. The number of para-hydroxylation sites is 1. The Hall–Kier alpha value is -2.93. The van der Waals surface area contributed by atoms with Crippen LogP contribution in [0.3, 0.4) is 0 Å². The molecule has 1 atom stereocenters. The molecule has 6 nitrogen and oxygen atoms in total. The number of amides is 3. The molecule has 3 amide bonds. The first-order chi connectivity index (χ1) is 13.1. The first-order valence-corrected chi connectivity index (χ1v) is 9.42. The number of carbonyl (C=O) groups is 3. The number of nitrogens with one attached hydrogen (secondary N) is 2. The summed E-state index contributed by atoms with van der Waals surface area (Å²) in [6.07, 6.45) is 0.0665. The highest BCUT2D eigenvalue weighted by atomic mass is 32.2. The van der Waals surface area contributed by atoms with Crippen LogP contribution >= 0.6 is 11.8 Å². The van der Waals surface area contributed by atoms with E-state index < -0.39 is 5.25 Å². The summed E-state index contributed by atoms with van der Waals surface area (Å²) in [4.78, 5) is 40.1.